The molecule has 1 atom stereocenters. The maximum atomic E-state index is 12.0. The predicted molar refractivity (Wildman–Crippen MR) is 99.7 cm³/mol. The summed E-state index contributed by atoms with van der Waals surface area (Å²) in [4.78, 5) is 34.1. The maximum absolute atomic E-state index is 12.0. The van der Waals surface area contributed by atoms with Crippen LogP contribution in [-0.4, -0.2) is 33.5 Å². The Morgan fingerprint density at radius 3 is 2.48 bits per heavy atom. The van der Waals surface area contributed by atoms with Crippen molar-refractivity contribution in [2.24, 2.45) is 0 Å². The lowest BCUT2D eigenvalue weighted by atomic mass is 10.2. The summed E-state index contributed by atoms with van der Waals surface area (Å²) in [5.41, 5.74) is 0.856. The molecule has 0 fully saturated rings. The molecule has 3 rings (SSSR count). The summed E-state index contributed by atoms with van der Waals surface area (Å²) in [6.07, 6.45) is -0.838. The van der Waals surface area contributed by atoms with E-state index in [1.807, 2.05) is 0 Å². The van der Waals surface area contributed by atoms with E-state index in [2.05, 4.69) is 15.5 Å². The molecule has 2 aromatic carbocycles. The monoisotopic (exact) mass is 396 g/mol. The van der Waals surface area contributed by atoms with E-state index in [1.54, 1.807) is 37.3 Å². The zero-order valence-corrected chi connectivity index (χ0v) is 15.3. The van der Waals surface area contributed by atoms with Gasteiger partial charge in [0.2, 0.25) is 5.89 Å². The highest BCUT2D eigenvalue weighted by atomic mass is 16.6. The maximum Gasteiger partial charge on any atom is 0.326 e. The summed E-state index contributed by atoms with van der Waals surface area (Å²) in [7, 11) is 0. The molecule has 1 heterocycles. The van der Waals surface area contributed by atoms with Gasteiger partial charge in [0.15, 0.2) is 6.10 Å². The van der Waals surface area contributed by atoms with Crippen molar-refractivity contribution in [1.29, 1.82) is 0 Å². The Kier molecular flexibility index (Phi) is 5.93. The molecule has 10 nitrogen and oxygen atoms in total. The van der Waals surface area contributed by atoms with Crippen LogP contribution < -0.4 is 5.32 Å². The number of nitro groups is 1. The van der Waals surface area contributed by atoms with Crippen LogP contribution in [0.4, 0.5) is 5.69 Å². The van der Waals surface area contributed by atoms with Gasteiger partial charge in [-0.25, -0.2) is 0 Å². The van der Waals surface area contributed by atoms with Crippen molar-refractivity contribution in [2.45, 2.75) is 13.0 Å². The smallest absolute Gasteiger partial charge is 0.326 e. The van der Waals surface area contributed by atoms with Crippen LogP contribution in [0.1, 0.15) is 29.3 Å². The SMILES string of the molecule is C[C@H](OC(=O)CNC(=O)c1ccccc1)c1nnc(-c2ccc([N+](=O)[O-])cc2)o1. The van der Waals surface area contributed by atoms with E-state index in [-0.39, 0.29) is 24.0 Å². The van der Waals surface area contributed by atoms with Gasteiger partial charge in [-0.1, -0.05) is 18.2 Å². The van der Waals surface area contributed by atoms with Crippen LogP contribution in [0.2, 0.25) is 0 Å². The van der Waals surface area contributed by atoms with Gasteiger partial charge in [0.05, 0.1) is 4.92 Å². The zero-order chi connectivity index (χ0) is 20.8. The first-order valence-corrected chi connectivity index (χ1v) is 8.55. The van der Waals surface area contributed by atoms with Crippen LogP contribution in [-0.2, 0) is 9.53 Å². The Morgan fingerprint density at radius 2 is 1.83 bits per heavy atom. The molecule has 0 bridgehead atoms. The normalized spacial score (nSPS) is 11.5. The number of ether oxygens (including phenoxy) is 1. The van der Waals surface area contributed by atoms with Gasteiger partial charge in [0.25, 0.3) is 17.5 Å². The van der Waals surface area contributed by atoms with Crippen molar-refractivity contribution in [1.82, 2.24) is 15.5 Å². The first kappa shape index (κ1) is 19.7. The van der Waals surface area contributed by atoms with Gasteiger partial charge in [-0.05, 0) is 31.2 Å². The Morgan fingerprint density at radius 1 is 1.14 bits per heavy atom. The molecule has 0 radical (unpaired) electrons. The molecule has 148 valence electrons. The molecule has 1 N–H and O–H groups in total. The van der Waals surface area contributed by atoms with Crippen molar-refractivity contribution < 1.29 is 23.7 Å². The number of hydrogen-bond acceptors (Lipinski definition) is 8. The van der Waals surface area contributed by atoms with Crippen molar-refractivity contribution in [2.75, 3.05) is 6.54 Å². The molecule has 0 spiro atoms. The number of nitro benzene ring substituents is 1. The molecular formula is C19H16N4O6. The molecule has 0 saturated carbocycles. The number of rotatable bonds is 7. The van der Waals surface area contributed by atoms with E-state index in [0.29, 0.717) is 11.1 Å². The zero-order valence-electron chi connectivity index (χ0n) is 15.3. The minimum Gasteiger partial charge on any atom is -0.451 e. The summed E-state index contributed by atoms with van der Waals surface area (Å²) in [5.74, 6) is -0.874. The number of nitrogens with zero attached hydrogens (tertiary/aromatic N) is 3. The number of carbonyl (C=O) groups is 2. The van der Waals surface area contributed by atoms with Crippen LogP contribution in [0.5, 0.6) is 0 Å². The molecule has 0 aliphatic carbocycles. The summed E-state index contributed by atoms with van der Waals surface area (Å²) >= 11 is 0. The van der Waals surface area contributed by atoms with Crippen LogP contribution in [0, 0.1) is 10.1 Å². The number of benzene rings is 2. The highest BCUT2D eigenvalue weighted by Gasteiger charge is 2.20. The lowest BCUT2D eigenvalue weighted by molar-refractivity contribution is -0.384. The van der Waals surface area contributed by atoms with Crippen molar-refractivity contribution in [3.8, 4) is 11.5 Å². The van der Waals surface area contributed by atoms with Crippen molar-refractivity contribution >= 4 is 17.6 Å². The molecule has 1 aromatic heterocycles. The van der Waals surface area contributed by atoms with E-state index >= 15 is 0 Å². The minimum absolute atomic E-state index is 0.0566. The van der Waals surface area contributed by atoms with E-state index in [9.17, 15) is 19.7 Å². The van der Waals surface area contributed by atoms with Gasteiger partial charge in [-0.2, -0.15) is 0 Å². The van der Waals surface area contributed by atoms with Crippen LogP contribution in [0.3, 0.4) is 0 Å². The Hall–Kier alpha value is -4.08. The fourth-order valence-electron chi connectivity index (χ4n) is 2.37. The molecule has 0 aliphatic heterocycles. The Balaban J connectivity index is 1.55. The van der Waals surface area contributed by atoms with Gasteiger partial charge in [0.1, 0.15) is 6.54 Å². The lowest BCUT2D eigenvalue weighted by Gasteiger charge is -2.10. The summed E-state index contributed by atoms with van der Waals surface area (Å²) < 4.78 is 10.7. The van der Waals surface area contributed by atoms with E-state index in [0.717, 1.165) is 0 Å². The van der Waals surface area contributed by atoms with Crippen molar-refractivity contribution in [3.63, 3.8) is 0 Å². The number of non-ortho nitro benzene ring substituents is 1. The predicted octanol–water partition coefficient (Wildman–Crippen LogP) is 2.68. The fraction of sp³-hybridized carbons (Fsp3) is 0.158. The number of amides is 1. The third-order valence-electron chi connectivity index (χ3n) is 3.85. The first-order valence-electron chi connectivity index (χ1n) is 8.55. The number of hydrogen-bond donors (Lipinski definition) is 1. The molecule has 29 heavy (non-hydrogen) atoms. The van der Waals surface area contributed by atoms with Crippen LogP contribution in [0.15, 0.2) is 59.0 Å². The lowest BCUT2D eigenvalue weighted by Crippen LogP contribution is -2.31. The van der Waals surface area contributed by atoms with E-state index < -0.39 is 22.9 Å². The third kappa shape index (κ3) is 5.01. The molecule has 0 unspecified atom stereocenters. The molecule has 3 aromatic rings. The Bertz CT molecular complexity index is 1020. The average molecular weight is 396 g/mol. The number of aromatic nitrogens is 2. The quantitative estimate of drug-likeness (QED) is 0.365. The van der Waals surface area contributed by atoms with Gasteiger partial charge < -0.3 is 14.5 Å². The number of carbonyl (C=O) groups excluding carboxylic acids is 2. The van der Waals surface area contributed by atoms with Crippen LogP contribution in [0.25, 0.3) is 11.5 Å². The minimum atomic E-state index is -0.838. The second kappa shape index (κ2) is 8.74. The highest BCUT2D eigenvalue weighted by molar-refractivity contribution is 5.95. The van der Waals surface area contributed by atoms with Crippen LogP contribution >= 0.6 is 0 Å². The standard InChI is InChI=1S/C19H16N4O6/c1-12(28-16(24)11-20-17(25)13-5-3-2-4-6-13)18-21-22-19(29-18)14-7-9-15(10-8-14)23(26)27/h2-10,12H,11H2,1H3,(H,20,25)/t12-/m0/s1. The summed E-state index contributed by atoms with van der Waals surface area (Å²) in [6, 6.07) is 14.1. The van der Waals surface area contributed by atoms with Gasteiger partial charge in [0, 0.05) is 23.3 Å². The number of nitrogens with one attached hydrogen (secondary N) is 1. The second-order valence-corrected chi connectivity index (χ2v) is 5.93. The van der Waals surface area contributed by atoms with Gasteiger partial charge in [-0.15, -0.1) is 10.2 Å². The second-order valence-electron chi connectivity index (χ2n) is 5.93. The van der Waals surface area contributed by atoms with E-state index in [1.165, 1.54) is 24.3 Å². The summed E-state index contributed by atoms with van der Waals surface area (Å²) in [5, 5.41) is 20.9. The molecule has 10 heteroatoms. The topological polar surface area (TPSA) is 137 Å². The first-order chi connectivity index (χ1) is 13.9. The molecule has 0 aliphatic rings. The molecule has 0 saturated heterocycles. The summed E-state index contributed by atoms with van der Waals surface area (Å²) in [6.45, 7) is 1.23. The third-order valence-corrected chi connectivity index (χ3v) is 3.85. The number of esters is 1. The average Bonchev–Trinajstić information content (AvgIpc) is 3.23. The van der Waals surface area contributed by atoms with E-state index in [4.69, 9.17) is 9.15 Å². The van der Waals surface area contributed by atoms with Gasteiger partial charge in [-0.3, -0.25) is 19.7 Å². The molecule has 1 amide bonds. The van der Waals surface area contributed by atoms with Crippen molar-refractivity contribution in [3.05, 3.63) is 76.2 Å². The molecular weight excluding hydrogens is 380 g/mol. The Labute approximate surface area is 164 Å². The highest BCUT2D eigenvalue weighted by Crippen LogP contribution is 2.24. The largest absolute Gasteiger partial charge is 0.451 e. The fourth-order valence-corrected chi connectivity index (χ4v) is 2.37. The van der Waals surface area contributed by atoms with Gasteiger partial charge >= 0.3 is 5.97 Å².